The molecule has 1 amide bonds. The van der Waals surface area contributed by atoms with E-state index in [9.17, 15) is 15.0 Å². The maximum Gasteiger partial charge on any atom is 0.255 e. The van der Waals surface area contributed by atoms with Crippen molar-refractivity contribution >= 4 is 5.91 Å². The molecule has 0 fully saturated rings. The fraction of sp³-hybridized carbons (Fsp3) is 0.500. The molecule has 0 spiro atoms. The van der Waals surface area contributed by atoms with Crippen molar-refractivity contribution in [1.29, 1.82) is 0 Å². The molecule has 0 heterocycles. The number of rotatable bonds is 6. The van der Waals surface area contributed by atoms with Gasteiger partial charge < -0.3 is 20.4 Å². The second kappa shape index (κ2) is 6.99. The molecule has 5 heteroatoms. The second-order valence-corrected chi connectivity index (χ2v) is 4.53. The number of hydrogen-bond acceptors (Lipinski definition) is 4. The van der Waals surface area contributed by atoms with Crippen LogP contribution in [0.2, 0.25) is 0 Å². The zero-order valence-electron chi connectivity index (χ0n) is 11.7. The number of nitrogens with zero attached hydrogens (tertiary/aromatic N) is 1. The molecular formula is C14H22N2O3. The van der Waals surface area contributed by atoms with E-state index in [1.54, 1.807) is 0 Å². The minimum absolute atomic E-state index is 0.0332. The van der Waals surface area contributed by atoms with Gasteiger partial charge in [0.05, 0.1) is 5.56 Å². The van der Waals surface area contributed by atoms with E-state index >= 15 is 0 Å². The lowest BCUT2D eigenvalue weighted by Crippen LogP contribution is -2.41. The van der Waals surface area contributed by atoms with Crippen LogP contribution in [0.1, 0.15) is 31.1 Å². The van der Waals surface area contributed by atoms with Crippen LogP contribution < -0.4 is 5.32 Å². The van der Waals surface area contributed by atoms with Crippen LogP contribution in [0.5, 0.6) is 11.5 Å². The zero-order chi connectivity index (χ0) is 14.4. The first-order chi connectivity index (χ1) is 8.99. The largest absolute Gasteiger partial charge is 0.504 e. The molecule has 3 N–H and O–H groups in total. The molecule has 0 aliphatic heterocycles. The first kappa shape index (κ1) is 15.3. The number of para-hydroxylation sites is 1. The highest BCUT2D eigenvalue weighted by atomic mass is 16.3. The number of phenols is 2. The summed E-state index contributed by atoms with van der Waals surface area (Å²) in [4.78, 5) is 14.2. The summed E-state index contributed by atoms with van der Waals surface area (Å²) in [7, 11) is 0. The molecule has 106 valence electrons. The number of benzene rings is 1. The van der Waals surface area contributed by atoms with E-state index in [0.29, 0.717) is 0 Å². The van der Waals surface area contributed by atoms with Crippen molar-refractivity contribution < 1.29 is 15.0 Å². The van der Waals surface area contributed by atoms with Gasteiger partial charge in [-0.05, 0) is 32.1 Å². The highest BCUT2D eigenvalue weighted by Crippen LogP contribution is 2.27. The van der Waals surface area contributed by atoms with Crippen molar-refractivity contribution in [3.8, 4) is 11.5 Å². The summed E-state index contributed by atoms with van der Waals surface area (Å²) in [5.74, 6) is -1.05. The third kappa shape index (κ3) is 4.13. The molecule has 1 aromatic rings. The van der Waals surface area contributed by atoms with Crippen LogP contribution >= 0.6 is 0 Å². The van der Waals surface area contributed by atoms with Gasteiger partial charge in [-0.3, -0.25) is 4.79 Å². The van der Waals surface area contributed by atoms with Gasteiger partial charge in [-0.25, -0.2) is 0 Å². The maximum atomic E-state index is 12.0. The summed E-state index contributed by atoms with van der Waals surface area (Å²) in [5, 5.41) is 21.8. The summed E-state index contributed by atoms with van der Waals surface area (Å²) in [6.07, 6.45) is 0. The Morgan fingerprint density at radius 3 is 2.53 bits per heavy atom. The molecule has 0 aliphatic rings. The van der Waals surface area contributed by atoms with E-state index in [2.05, 4.69) is 24.1 Å². The lowest BCUT2D eigenvalue weighted by atomic mass is 10.1. The molecule has 1 atom stereocenters. The van der Waals surface area contributed by atoms with Crippen molar-refractivity contribution in [3.05, 3.63) is 23.8 Å². The second-order valence-electron chi connectivity index (χ2n) is 4.53. The molecule has 19 heavy (non-hydrogen) atoms. The van der Waals surface area contributed by atoms with Gasteiger partial charge in [0.15, 0.2) is 11.5 Å². The number of carbonyl (C=O) groups excluding carboxylic acids is 1. The Hall–Kier alpha value is -1.75. The minimum atomic E-state index is -0.381. The number of aromatic hydroxyl groups is 2. The molecule has 1 aromatic carbocycles. The molecule has 0 radical (unpaired) electrons. The lowest BCUT2D eigenvalue weighted by molar-refractivity contribution is 0.0927. The molecule has 0 aliphatic carbocycles. The number of likely N-dealkylation sites (N-methyl/N-ethyl adjacent to an activating group) is 1. The van der Waals surface area contributed by atoms with Crippen molar-refractivity contribution in [2.75, 3.05) is 19.6 Å². The summed E-state index contributed by atoms with van der Waals surface area (Å²) in [6.45, 7) is 8.65. The summed E-state index contributed by atoms with van der Waals surface area (Å²) < 4.78 is 0. The average molecular weight is 266 g/mol. The van der Waals surface area contributed by atoms with Gasteiger partial charge in [-0.2, -0.15) is 0 Å². The van der Waals surface area contributed by atoms with Crippen LogP contribution in [0.25, 0.3) is 0 Å². The van der Waals surface area contributed by atoms with Crippen molar-refractivity contribution in [3.63, 3.8) is 0 Å². The van der Waals surface area contributed by atoms with Gasteiger partial charge in [-0.1, -0.05) is 19.9 Å². The smallest absolute Gasteiger partial charge is 0.255 e. The Labute approximate surface area is 113 Å². The number of phenolic OH excluding ortho intramolecular Hbond substituents is 2. The van der Waals surface area contributed by atoms with E-state index in [-0.39, 0.29) is 29.0 Å². The number of hydrogen-bond donors (Lipinski definition) is 3. The molecule has 1 rings (SSSR count). The van der Waals surface area contributed by atoms with Gasteiger partial charge in [0.1, 0.15) is 0 Å². The molecule has 0 bridgehead atoms. The monoisotopic (exact) mass is 266 g/mol. The van der Waals surface area contributed by atoms with E-state index < -0.39 is 0 Å². The Balaban J connectivity index is 2.66. The third-order valence-electron chi connectivity index (χ3n) is 3.06. The summed E-state index contributed by atoms with van der Waals surface area (Å²) in [5.41, 5.74) is 0.0893. The SMILES string of the molecule is CCN(CC)CC(C)NC(=O)c1cccc(O)c1O. The van der Waals surface area contributed by atoms with Crippen LogP contribution in [0.3, 0.4) is 0 Å². The van der Waals surface area contributed by atoms with Gasteiger partial charge in [-0.15, -0.1) is 0 Å². The predicted octanol–water partition coefficient (Wildman–Crippen LogP) is 1.56. The predicted molar refractivity (Wildman–Crippen MR) is 74.5 cm³/mol. The van der Waals surface area contributed by atoms with E-state index in [4.69, 9.17) is 0 Å². The fourth-order valence-corrected chi connectivity index (χ4v) is 1.93. The quantitative estimate of drug-likeness (QED) is 0.683. The highest BCUT2D eigenvalue weighted by Gasteiger charge is 2.16. The topological polar surface area (TPSA) is 72.8 Å². The normalized spacial score (nSPS) is 12.4. The van der Waals surface area contributed by atoms with Gasteiger partial charge >= 0.3 is 0 Å². The van der Waals surface area contributed by atoms with E-state index in [1.807, 2.05) is 6.92 Å². The van der Waals surface area contributed by atoms with Gasteiger partial charge in [0.25, 0.3) is 5.91 Å². The third-order valence-corrected chi connectivity index (χ3v) is 3.06. The highest BCUT2D eigenvalue weighted by molar-refractivity contribution is 5.97. The van der Waals surface area contributed by atoms with Crippen molar-refractivity contribution in [2.45, 2.75) is 26.8 Å². The van der Waals surface area contributed by atoms with Crippen molar-refractivity contribution in [2.24, 2.45) is 0 Å². The Bertz CT molecular complexity index is 431. The van der Waals surface area contributed by atoms with Gasteiger partial charge in [0.2, 0.25) is 0 Å². The lowest BCUT2D eigenvalue weighted by Gasteiger charge is -2.23. The van der Waals surface area contributed by atoms with E-state index in [0.717, 1.165) is 19.6 Å². The standard InChI is InChI=1S/C14H22N2O3/c1-4-16(5-2)9-10(3)15-14(19)11-7-6-8-12(17)13(11)18/h6-8,10,17-18H,4-5,9H2,1-3H3,(H,15,19). The Kier molecular flexibility index (Phi) is 5.63. The first-order valence-corrected chi connectivity index (χ1v) is 6.53. The van der Waals surface area contributed by atoms with Crippen LogP contribution in [-0.4, -0.2) is 46.7 Å². The Morgan fingerprint density at radius 1 is 1.32 bits per heavy atom. The molecule has 1 unspecified atom stereocenters. The summed E-state index contributed by atoms with van der Waals surface area (Å²) in [6, 6.07) is 4.31. The maximum absolute atomic E-state index is 12.0. The number of nitrogens with one attached hydrogen (secondary N) is 1. The Morgan fingerprint density at radius 2 is 1.95 bits per heavy atom. The zero-order valence-corrected chi connectivity index (χ0v) is 11.7. The number of amides is 1. The van der Waals surface area contributed by atoms with E-state index in [1.165, 1.54) is 18.2 Å². The molecule has 0 saturated carbocycles. The van der Waals surface area contributed by atoms with Crippen molar-refractivity contribution in [1.82, 2.24) is 10.2 Å². The first-order valence-electron chi connectivity index (χ1n) is 6.53. The van der Waals surface area contributed by atoms with Gasteiger partial charge in [0, 0.05) is 12.6 Å². The summed E-state index contributed by atoms with van der Waals surface area (Å²) >= 11 is 0. The molecule has 0 aromatic heterocycles. The molecule has 0 saturated heterocycles. The number of carbonyl (C=O) groups is 1. The van der Waals surface area contributed by atoms with Crippen LogP contribution in [0, 0.1) is 0 Å². The minimum Gasteiger partial charge on any atom is -0.504 e. The van der Waals surface area contributed by atoms with Crippen LogP contribution in [0.15, 0.2) is 18.2 Å². The fourth-order valence-electron chi connectivity index (χ4n) is 1.93. The average Bonchev–Trinajstić information content (AvgIpc) is 2.38. The molecule has 5 nitrogen and oxygen atoms in total. The van der Waals surface area contributed by atoms with Crippen LogP contribution in [0.4, 0.5) is 0 Å². The molecular weight excluding hydrogens is 244 g/mol. The van der Waals surface area contributed by atoms with Crippen LogP contribution in [-0.2, 0) is 0 Å².